The molecular formula is C12H17BrFN3O. The zero-order valence-corrected chi connectivity index (χ0v) is 12.0. The van der Waals surface area contributed by atoms with Crippen LogP contribution in [-0.4, -0.2) is 18.5 Å². The summed E-state index contributed by atoms with van der Waals surface area (Å²) < 4.78 is 14.5. The van der Waals surface area contributed by atoms with Gasteiger partial charge in [-0.15, -0.1) is 0 Å². The number of rotatable bonds is 5. The lowest BCUT2D eigenvalue weighted by Gasteiger charge is -2.28. The molecule has 0 aromatic heterocycles. The lowest BCUT2D eigenvalue weighted by Crippen LogP contribution is -2.39. The molecule has 18 heavy (non-hydrogen) atoms. The van der Waals surface area contributed by atoms with Crippen molar-refractivity contribution in [2.45, 2.75) is 26.4 Å². The predicted molar refractivity (Wildman–Crippen MR) is 73.7 cm³/mol. The van der Waals surface area contributed by atoms with Crippen molar-refractivity contribution in [3.05, 3.63) is 28.0 Å². The standard InChI is InChI=1S/C12H17BrFN3O/c1-7(2)17(6-10(16)18)9-4-3-8(5-15)11(13)12(9)14/h3-4,7H,5-6,15H2,1-2H3,(H2,16,18). The van der Waals surface area contributed by atoms with Crippen LogP contribution in [-0.2, 0) is 11.3 Å². The third-order valence-corrected chi connectivity index (χ3v) is 3.48. The first-order valence-corrected chi connectivity index (χ1v) is 6.39. The number of halogens is 2. The second kappa shape index (κ2) is 6.15. The molecule has 0 aliphatic rings. The second-order valence-electron chi connectivity index (χ2n) is 4.26. The molecule has 6 heteroatoms. The van der Waals surface area contributed by atoms with Gasteiger partial charge in [0.2, 0.25) is 5.91 Å². The van der Waals surface area contributed by atoms with Crippen LogP contribution in [0.2, 0.25) is 0 Å². The number of benzene rings is 1. The molecule has 0 unspecified atom stereocenters. The molecule has 0 fully saturated rings. The zero-order valence-electron chi connectivity index (χ0n) is 10.4. The fourth-order valence-electron chi connectivity index (χ4n) is 1.67. The van der Waals surface area contributed by atoms with Crippen molar-refractivity contribution in [1.82, 2.24) is 0 Å². The van der Waals surface area contributed by atoms with Crippen molar-refractivity contribution in [1.29, 1.82) is 0 Å². The highest BCUT2D eigenvalue weighted by Crippen LogP contribution is 2.30. The van der Waals surface area contributed by atoms with Crippen molar-refractivity contribution in [3.8, 4) is 0 Å². The Hall–Kier alpha value is -1.14. The molecule has 0 atom stereocenters. The minimum Gasteiger partial charge on any atom is -0.368 e. The summed E-state index contributed by atoms with van der Waals surface area (Å²) in [5, 5.41) is 0. The predicted octanol–water partition coefficient (Wildman–Crippen LogP) is 1.75. The highest BCUT2D eigenvalue weighted by Gasteiger charge is 2.19. The van der Waals surface area contributed by atoms with Gasteiger partial charge in [-0.2, -0.15) is 0 Å². The van der Waals surface area contributed by atoms with Crippen molar-refractivity contribution in [2.24, 2.45) is 11.5 Å². The Morgan fingerprint density at radius 3 is 2.56 bits per heavy atom. The van der Waals surface area contributed by atoms with E-state index in [1.807, 2.05) is 13.8 Å². The van der Waals surface area contributed by atoms with E-state index in [4.69, 9.17) is 11.5 Å². The lowest BCUT2D eigenvalue weighted by atomic mass is 10.1. The number of carbonyl (C=O) groups excluding carboxylic acids is 1. The summed E-state index contributed by atoms with van der Waals surface area (Å²) in [4.78, 5) is 12.6. The Labute approximate surface area is 114 Å². The molecule has 0 aliphatic heterocycles. The summed E-state index contributed by atoms with van der Waals surface area (Å²) in [6.45, 7) is 3.96. The summed E-state index contributed by atoms with van der Waals surface area (Å²) >= 11 is 3.18. The second-order valence-corrected chi connectivity index (χ2v) is 5.06. The van der Waals surface area contributed by atoms with Gasteiger partial charge in [0.15, 0.2) is 5.82 Å². The van der Waals surface area contributed by atoms with Crippen molar-refractivity contribution < 1.29 is 9.18 Å². The van der Waals surface area contributed by atoms with E-state index in [2.05, 4.69) is 15.9 Å². The molecule has 100 valence electrons. The number of amides is 1. The van der Waals surface area contributed by atoms with Gasteiger partial charge in [-0.1, -0.05) is 6.07 Å². The molecule has 1 aromatic carbocycles. The monoisotopic (exact) mass is 317 g/mol. The minimum atomic E-state index is -0.498. The smallest absolute Gasteiger partial charge is 0.236 e. The highest BCUT2D eigenvalue weighted by atomic mass is 79.9. The fraction of sp³-hybridized carbons (Fsp3) is 0.417. The van der Waals surface area contributed by atoms with Crippen molar-refractivity contribution in [2.75, 3.05) is 11.4 Å². The van der Waals surface area contributed by atoms with Crippen LogP contribution in [0.1, 0.15) is 19.4 Å². The molecule has 4 nitrogen and oxygen atoms in total. The topological polar surface area (TPSA) is 72.3 Å². The van der Waals surface area contributed by atoms with E-state index >= 15 is 0 Å². The summed E-state index contributed by atoms with van der Waals surface area (Å²) in [7, 11) is 0. The first-order chi connectivity index (χ1) is 8.38. The van der Waals surface area contributed by atoms with Gasteiger partial charge in [-0.3, -0.25) is 4.79 Å². The number of hydrogen-bond donors (Lipinski definition) is 2. The molecule has 4 N–H and O–H groups in total. The van der Waals surface area contributed by atoms with E-state index in [0.717, 1.165) is 0 Å². The van der Waals surface area contributed by atoms with Crippen LogP contribution < -0.4 is 16.4 Å². The van der Waals surface area contributed by atoms with Crippen LogP contribution in [0.5, 0.6) is 0 Å². The largest absolute Gasteiger partial charge is 0.368 e. The van der Waals surface area contributed by atoms with E-state index in [9.17, 15) is 9.18 Å². The highest BCUT2D eigenvalue weighted by molar-refractivity contribution is 9.10. The molecule has 0 aliphatic carbocycles. The Kier molecular flexibility index (Phi) is 5.10. The van der Waals surface area contributed by atoms with Gasteiger partial charge in [0.05, 0.1) is 16.7 Å². The van der Waals surface area contributed by atoms with Gasteiger partial charge < -0.3 is 16.4 Å². The van der Waals surface area contributed by atoms with Crippen LogP contribution in [0.4, 0.5) is 10.1 Å². The van der Waals surface area contributed by atoms with Crippen LogP contribution >= 0.6 is 15.9 Å². The van der Waals surface area contributed by atoms with Crippen LogP contribution in [0, 0.1) is 5.82 Å². The van der Waals surface area contributed by atoms with Crippen LogP contribution in [0.25, 0.3) is 0 Å². The summed E-state index contributed by atoms with van der Waals surface area (Å²) in [6, 6.07) is 3.31. The maximum Gasteiger partial charge on any atom is 0.236 e. The Bertz CT molecular complexity index is 451. The fourth-order valence-corrected chi connectivity index (χ4v) is 2.17. The molecule has 0 heterocycles. The van der Waals surface area contributed by atoms with Gasteiger partial charge in [0.25, 0.3) is 0 Å². The van der Waals surface area contributed by atoms with Crippen LogP contribution in [0.15, 0.2) is 16.6 Å². The van der Waals surface area contributed by atoms with E-state index in [1.54, 1.807) is 17.0 Å². The maximum absolute atomic E-state index is 14.2. The van der Waals surface area contributed by atoms with Crippen molar-refractivity contribution >= 4 is 27.5 Å². The number of carbonyl (C=O) groups is 1. The number of hydrogen-bond acceptors (Lipinski definition) is 3. The van der Waals surface area contributed by atoms with E-state index < -0.39 is 11.7 Å². The van der Waals surface area contributed by atoms with Gasteiger partial charge in [-0.25, -0.2) is 4.39 Å². The van der Waals surface area contributed by atoms with E-state index in [1.165, 1.54) is 0 Å². The summed E-state index contributed by atoms with van der Waals surface area (Å²) in [5.41, 5.74) is 11.7. The molecule has 0 saturated heterocycles. The SMILES string of the molecule is CC(C)N(CC(N)=O)c1ccc(CN)c(Br)c1F. The number of nitrogens with two attached hydrogens (primary N) is 2. The Morgan fingerprint density at radius 1 is 1.50 bits per heavy atom. The Morgan fingerprint density at radius 2 is 2.11 bits per heavy atom. The minimum absolute atomic E-state index is 0.0248. The summed E-state index contributed by atoms with van der Waals surface area (Å²) in [6.07, 6.45) is 0. The van der Waals surface area contributed by atoms with Gasteiger partial charge >= 0.3 is 0 Å². The quantitative estimate of drug-likeness (QED) is 0.869. The third kappa shape index (κ3) is 3.20. The average molecular weight is 318 g/mol. The third-order valence-electron chi connectivity index (χ3n) is 2.62. The van der Waals surface area contributed by atoms with E-state index in [-0.39, 0.29) is 19.1 Å². The maximum atomic E-state index is 14.2. The molecule has 0 spiro atoms. The zero-order chi connectivity index (χ0) is 13.9. The molecule has 1 aromatic rings. The first-order valence-electron chi connectivity index (χ1n) is 5.60. The van der Waals surface area contributed by atoms with E-state index in [0.29, 0.717) is 15.7 Å². The number of nitrogens with zero attached hydrogens (tertiary/aromatic N) is 1. The van der Waals surface area contributed by atoms with Crippen LogP contribution in [0.3, 0.4) is 0 Å². The molecule has 1 rings (SSSR count). The molecular weight excluding hydrogens is 301 g/mol. The Balaban J connectivity index is 3.21. The van der Waals surface area contributed by atoms with Gasteiger partial charge in [0.1, 0.15) is 0 Å². The number of primary amides is 1. The molecule has 0 radical (unpaired) electrons. The molecule has 0 saturated carbocycles. The summed E-state index contributed by atoms with van der Waals surface area (Å²) in [5.74, 6) is -0.921. The van der Waals surface area contributed by atoms with Gasteiger partial charge in [0, 0.05) is 12.6 Å². The van der Waals surface area contributed by atoms with Gasteiger partial charge in [-0.05, 0) is 41.4 Å². The van der Waals surface area contributed by atoms with Crippen molar-refractivity contribution in [3.63, 3.8) is 0 Å². The molecule has 0 bridgehead atoms. The lowest BCUT2D eigenvalue weighted by molar-refractivity contribution is -0.116. The number of anilines is 1. The normalized spacial score (nSPS) is 10.8. The average Bonchev–Trinajstić information content (AvgIpc) is 2.29. The first kappa shape index (κ1) is 14.9. The molecule has 1 amide bonds.